The zero-order valence-electron chi connectivity index (χ0n) is 16.1. The van der Waals surface area contributed by atoms with E-state index >= 15 is 0 Å². The zero-order chi connectivity index (χ0) is 20.4. The topological polar surface area (TPSA) is 68.5 Å². The van der Waals surface area contributed by atoms with Crippen LogP contribution in [0.25, 0.3) is 5.65 Å². The van der Waals surface area contributed by atoms with E-state index in [2.05, 4.69) is 22.2 Å². The van der Waals surface area contributed by atoms with E-state index in [-0.39, 0.29) is 28.0 Å². The second kappa shape index (κ2) is 6.06. The van der Waals surface area contributed by atoms with Gasteiger partial charge in [-0.15, -0.1) is 0 Å². The van der Waals surface area contributed by atoms with Crippen molar-refractivity contribution < 1.29 is 18.3 Å². The van der Waals surface area contributed by atoms with Crippen LogP contribution >= 0.6 is 0 Å². The minimum Gasteiger partial charge on any atom is -0.374 e. The number of aromatic nitrogens is 3. The van der Waals surface area contributed by atoms with Gasteiger partial charge in [-0.2, -0.15) is 0 Å². The quantitative estimate of drug-likeness (QED) is 0.720. The van der Waals surface area contributed by atoms with E-state index in [1.807, 2.05) is 6.20 Å². The van der Waals surface area contributed by atoms with Gasteiger partial charge in [0.1, 0.15) is 11.3 Å². The predicted molar refractivity (Wildman–Crippen MR) is 102 cm³/mol. The van der Waals surface area contributed by atoms with Crippen LogP contribution in [0.5, 0.6) is 0 Å². The first kappa shape index (κ1) is 18.2. The number of nitrogens with one attached hydrogen (secondary N) is 1. The lowest BCUT2D eigenvalue weighted by atomic mass is 9.62. The van der Waals surface area contributed by atoms with Crippen molar-refractivity contribution >= 4 is 17.2 Å². The van der Waals surface area contributed by atoms with Crippen LogP contribution < -0.4 is 5.32 Å². The Labute approximate surface area is 165 Å². The molecule has 2 bridgehead atoms. The van der Waals surface area contributed by atoms with Gasteiger partial charge in [-0.1, -0.05) is 6.07 Å². The first-order chi connectivity index (χ1) is 13.8. The van der Waals surface area contributed by atoms with Crippen molar-refractivity contribution in [3.8, 4) is 0 Å². The van der Waals surface area contributed by atoms with Gasteiger partial charge in [-0.25, -0.2) is 18.7 Å². The van der Waals surface area contributed by atoms with Crippen LogP contribution in [0.15, 0.2) is 36.7 Å². The average molecular weight is 398 g/mol. The molecule has 3 fully saturated rings. The molecule has 0 radical (unpaired) electrons. The number of anilines is 1. The highest BCUT2D eigenvalue weighted by Crippen LogP contribution is 2.58. The van der Waals surface area contributed by atoms with Crippen molar-refractivity contribution in [3.63, 3.8) is 0 Å². The molecule has 3 aromatic heterocycles. The number of halogens is 2. The second-order valence-corrected chi connectivity index (χ2v) is 8.33. The number of hydrogen-bond acceptors (Lipinski definition) is 4. The number of carbonyl (C=O) groups excluding carboxylic acids is 1. The summed E-state index contributed by atoms with van der Waals surface area (Å²) in [6.07, 6.45) is 2.36. The number of amides is 1. The standard InChI is InChI=1S/C21H20F2N4O2/c1-12-4-3-5-14(24-12)19(28)25-15-7-27-8-16(21-9-20(2,10-21)29-11-21)26-17(27)6-13(15)18(22)23/h3-8,18H,9-11H2,1-2H3,(H,25,28). The molecule has 2 saturated heterocycles. The Bertz CT molecular complexity index is 1130. The van der Waals surface area contributed by atoms with Gasteiger partial charge >= 0.3 is 0 Å². The van der Waals surface area contributed by atoms with Crippen LogP contribution in [0.2, 0.25) is 0 Å². The van der Waals surface area contributed by atoms with E-state index in [9.17, 15) is 13.6 Å². The maximum Gasteiger partial charge on any atom is 0.274 e. The minimum absolute atomic E-state index is 0.0448. The number of hydrogen-bond donors (Lipinski definition) is 1. The third-order valence-corrected chi connectivity index (χ3v) is 5.89. The number of fused-ring (bicyclic) bond motifs is 2. The molecule has 1 aliphatic carbocycles. The van der Waals surface area contributed by atoms with Crippen molar-refractivity contribution in [3.05, 3.63) is 59.3 Å². The molecule has 1 amide bonds. The van der Waals surface area contributed by atoms with Gasteiger partial charge in [0.15, 0.2) is 0 Å². The molecule has 29 heavy (non-hydrogen) atoms. The fraction of sp³-hybridized carbons (Fsp3) is 0.381. The molecule has 2 aliphatic heterocycles. The fourth-order valence-corrected chi connectivity index (χ4v) is 4.60. The van der Waals surface area contributed by atoms with Gasteiger partial charge in [0, 0.05) is 29.1 Å². The van der Waals surface area contributed by atoms with Crippen molar-refractivity contribution in [2.45, 2.75) is 44.1 Å². The van der Waals surface area contributed by atoms with Crippen LogP contribution in [0.3, 0.4) is 0 Å². The maximum atomic E-state index is 13.7. The number of carbonyl (C=O) groups is 1. The number of aryl methyl sites for hydroxylation is 1. The van der Waals surface area contributed by atoms with Gasteiger partial charge in [-0.05, 0) is 44.9 Å². The Kier molecular flexibility index (Phi) is 3.80. The SMILES string of the molecule is Cc1cccc(C(=O)Nc2cn3cc(C45COC(C)(C4)C5)nc3cc2C(F)F)n1. The summed E-state index contributed by atoms with van der Waals surface area (Å²) in [5, 5.41) is 2.58. The molecule has 1 N–H and O–H groups in total. The first-order valence-electron chi connectivity index (χ1n) is 9.47. The highest BCUT2D eigenvalue weighted by atomic mass is 19.3. The molecular weight excluding hydrogens is 378 g/mol. The van der Waals surface area contributed by atoms with Gasteiger partial charge in [-0.3, -0.25) is 4.79 Å². The maximum absolute atomic E-state index is 13.7. The zero-order valence-corrected chi connectivity index (χ0v) is 16.1. The first-order valence-corrected chi connectivity index (χ1v) is 9.47. The Morgan fingerprint density at radius 2 is 2.07 bits per heavy atom. The Balaban J connectivity index is 1.51. The summed E-state index contributed by atoms with van der Waals surface area (Å²) in [4.78, 5) is 21.3. The number of pyridine rings is 2. The Hall–Kier alpha value is -2.87. The lowest BCUT2D eigenvalue weighted by Gasteiger charge is -2.41. The smallest absolute Gasteiger partial charge is 0.274 e. The molecule has 0 aromatic carbocycles. The van der Waals surface area contributed by atoms with Crippen molar-refractivity contribution in [2.75, 3.05) is 11.9 Å². The third-order valence-electron chi connectivity index (χ3n) is 5.89. The number of imidazole rings is 1. The minimum atomic E-state index is -2.75. The summed E-state index contributed by atoms with van der Waals surface area (Å²) < 4.78 is 34.9. The van der Waals surface area contributed by atoms with E-state index in [1.165, 1.54) is 12.3 Å². The normalized spacial score (nSPS) is 25.4. The molecule has 6 nitrogen and oxygen atoms in total. The predicted octanol–water partition coefficient (Wildman–Crippen LogP) is 4.05. The van der Waals surface area contributed by atoms with Crippen molar-refractivity contribution in [1.29, 1.82) is 0 Å². The van der Waals surface area contributed by atoms with E-state index in [0.29, 0.717) is 17.9 Å². The van der Waals surface area contributed by atoms with Crippen LogP contribution in [-0.4, -0.2) is 32.5 Å². The molecule has 0 spiro atoms. The molecule has 6 rings (SSSR count). The van der Waals surface area contributed by atoms with E-state index in [0.717, 1.165) is 18.5 Å². The van der Waals surface area contributed by atoms with Gasteiger partial charge < -0.3 is 14.5 Å². The Morgan fingerprint density at radius 1 is 1.28 bits per heavy atom. The Morgan fingerprint density at radius 3 is 2.72 bits per heavy atom. The van der Waals surface area contributed by atoms with Crippen LogP contribution in [0, 0.1) is 6.92 Å². The van der Waals surface area contributed by atoms with Crippen molar-refractivity contribution in [2.24, 2.45) is 0 Å². The summed E-state index contributed by atoms with van der Waals surface area (Å²) in [6.45, 7) is 4.44. The van der Waals surface area contributed by atoms with E-state index < -0.39 is 12.3 Å². The molecular formula is C21H20F2N4O2. The molecule has 8 heteroatoms. The third kappa shape index (κ3) is 2.90. The van der Waals surface area contributed by atoms with Crippen LogP contribution in [-0.2, 0) is 10.2 Å². The van der Waals surface area contributed by atoms with Crippen molar-refractivity contribution in [1.82, 2.24) is 14.4 Å². The molecule has 150 valence electrons. The molecule has 0 unspecified atom stereocenters. The fourth-order valence-electron chi connectivity index (χ4n) is 4.60. The monoisotopic (exact) mass is 398 g/mol. The largest absolute Gasteiger partial charge is 0.374 e. The molecule has 5 heterocycles. The van der Waals surface area contributed by atoms with E-state index in [1.54, 1.807) is 29.5 Å². The van der Waals surface area contributed by atoms with E-state index in [4.69, 9.17) is 4.74 Å². The highest BCUT2D eigenvalue weighted by Gasteiger charge is 2.61. The lowest BCUT2D eigenvalue weighted by Crippen LogP contribution is -2.45. The summed E-state index contributed by atoms with van der Waals surface area (Å²) in [7, 11) is 0. The van der Waals surface area contributed by atoms with Gasteiger partial charge in [0.2, 0.25) is 0 Å². The highest BCUT2D eigenvalue weighted by molar-refractivity contribution is 6.03. The lowest BCUT2D eigenvalue weighted by molar-refractivity contribution is 0.0154. The summed E-state index contributed by atoms with van der Waals surface area (Å²) in [6, 6.07) is 6.34. The number of rotatable bonds is 4. The van der Waals surface area contributed by atoms with Gasteiger partial charge in [0.05, 0.1) is 23.6 Å². The molecule has 3 aliphatic rings. The summed E-state index contributed by atoms with van der Waals surface area (Å²) in [5.74, 6) is -0.534. The average Bonchev–Trinajstić information content (AvgIpc) is 3.31. The molecule has 3 aromatic rings. The molecule has 0 atom stereocenters. The van der Waals surface area contributed by atoms with Gasteiger partial charge in [0.25, 0.3) is 12.3 Å². The number of ether oxygens (including phenoxy) is 1. The summed E-state index contributed by atoms with van der Waals surface area (Å²) in [5.41, 5.74) is 1.66. The number of nitrogens with zero attached hydrogens (tertiary/aromatic N) is 3. The second-order valence-electron chi connectivity index (χ2n) is 8.33. The van der Waals surface area contributed by atoms with Crippen LogP contribution in [0.4, 0.5) is 14.5 Å². The van der Waals surface area contributed by atoms with Crippen LogP contribution in [0.1, 0.15) is 53.6 Å². The molecule has 1 saturated carbocycles. The summed E-state index contributed by atoms with van der Waals surface area (Å²) >= 11 is 0. The number of alkyl halides is 2.